The second-order valence-electron chi connectivity index (χ2n) is 5.64. The summed E-state index contributed by atoms with van der Waals surface area (Å²) in [4.78, 5) is 11.9. The zero-order valence-corrected chi connectivity index (χ0v) is 15.4. The zero-order chi connectivity index (χ0) is 18.7. The largest absolute Gasteiger partial charge is 0.493 e. The maximum Gasteiger partial charge on any atom is 0.311 e. The molecule has 7 nitrogen and oxygen atoms in total. The molecule has 1 N–H and O–H groups in total. The second kappa shape index (κ2) is 7.57. The summed E-state index contributed by atoms with van der Waals surface area (Å²) in [5.74, 6) is -0.193. The van der Waals surface area contributed by atoms with E-state index in [0.29, 0.717) is 28.3 Å². The quantitative estimate of drug-likeness (QED) is 0.679. The Morgan fingerprint density at radius 3 is 2.27 bits per heavy atom. The lowest BCUT2D eigenvalue weighted by molar-refractivity contribution is -0.138. The van der Waals surface area contributed by atoms with Crippen molar-refractivity contribution in [1.29, 1.82) is 0 Å². The molecule has 0 fully saturated rings. The fraction of sp³-hybridized carbons (Fsp3) is 0.278. The number of carboxylic acid groups (broad SMARTS) is 1. The summed E-state index contributed by atoms with van der Waals surface area (Å²) in [6.45, 7) is 0. The fourth-order valence-corrected chi connectivity index (χ4v) is 3.37. The van der Waals surface area contributed by atoms with Crippen molar-refractivity contribution in [3.8, 4) is 17.2 Å². The van der Waals surface area contributed by atoms with Crippen LogP contribution < -0.4 is 14.2 Å². The van der Waals surface area contributed by atoms with Crippen molar-refractivity contribution in [2.45, 2.75) is 12.3 Å². The third kappa shape index (κ3) is 3.41. The number of aromatic nitrogens is 2. The van der Waals surface area contributed by atoms with Gasteiger partial charge < -0.3 is 19.3 Å². The Labute approximate surface area is 154 Å². The molecule has 0 bridgehead atoms. The number of ether oxygens (including phenoxy) is 3. The number of methoxy groups -OCH3 is 3. The molecule has 1 atom stereocenters. The number of hydrogen-bond acceptors (Lipinski definition) is 7. The van der Waals surface area contributed by atoms with Gasteiger partial charge in [-0.1, -0.05) is 6.07 Å². The van der Waals surface area contributed by atoms with Crippen molar-refractivity contribution >= 4 is 28.7 Å². The van der Waals surface area contributed by atoms with Crippen molar-refractivity contribution in [3.05, 3.63) is 41.5 Å². The summed E-state index contributed by atoms with van der Waals surface area (Å²) in [7, 11) is 4.58. The van der Waals surface area contributed by atoms with Crippen LogP contribution in [0, 0.1) is 0 Å². The molecular weight excluding hydrogens is 356 g/mol. The predicted octanol–water partition coefficient (Wildman–Crippen LogP) is 3.13. The molecule has 26 heavy (non-hydrogen) atoms. The van der Waals surface area contributed by atoms with Gasteiger partial charge in [0.25, 0.3) is 0 Å². The van der Waals surface area contributed by atoms with Gasteiger partial charge in [0.2, 0.25) is 5.75 Å². The second-order valence-corrected chi connectivity index (χ2v) is 6.17. The molecule has 1 aromatic heterocycles. The van der Waals surface area contributed by atoms with Crippen LogP contribution in [0.25, 0.3) is 11.0 Å². The van der Waals surface area contributed by atoms with Crippen LogP contribution in [0.4, 0.5) is 0 Å². The minimum Gasteiger partial charge on any atom is -0.493 e. The van der Waals surface area contributed by atoms with Crippen molar-refractivity contribution in [3.63, 3.8) is 0 Å². The van der Waals surface area contributed by atoms with Crippen LogP contribution in [0.1, 0.15) is 17.0 Å². The van der Waals surface area contributed by atoms with Crippen LogP contribution in [0.3, 0.4) is 0 Å². The SMILES string of the molecule is COc1cc(CC(C(=O)O)c2ccc3nsnc3c2)cc(OC)c1OC. The zero-order valence-electron chi connectivity index (χ0n) is 14.6. The van der Waals surface area contributed by atoms with Gasteiger partial charge in [-0.25, -0.2) is 0 Å². The van der Waals surface area contributed by atoms with Crippen LogP contribution in [-0.2, 0) is 11.2 Å². The predicted molar refractivity (Wildman–Crippen MR) is 97.6 cm³/mol. The number of fused-ring (bicyclic) bond motifs is 1. The number of nitrogens with zero attached hydrogens (tertiary/aromatic N) is 2. The Hall–Kier alpha value is -2.87. The van der Waals surface area contributed by atoms with E-state index >= 15 is 0 Å². The van der Waals surface area contributed by atoms with Gasteiger partial charge in [0.1, 0.15) is 11.0 Å². The first-order chi connectivity index (χ1) is 12.6. The molecule has 0 radical (unpaired) electrons. The number of benzene rings is 2. The molecule has 136 valence electrons. The smallest absolute Gasteiger partial charge is 0.311 e. The summed E-state index contributed by atoms with van der Waals surface area (Å²) in [6, 6.07) is 8.87. The van der Waals surface area contributed by atoms with Gasteiger partial charge in [-0.15, -0.1) is 0 Å². The molecule has 3 aromatic rings. The van der Waals surface area contributed by atoms with E-state index in [4.69, 9.17) is 14.2 Å². The van der Waals surface area contributed by atoms with Crippen LogP contribution in [0.5, 0.6) is 17.2 Å². The third-order valence-electron chi connectivity index (χ3n) is 4.14. The van der Waals surface area contributed by atoms with Crippen molar-refractivity contribution < 1.29 is 24.1 Å². The van der Waals surface area contributed by atoms with Crippen molar-refractivity contribution in [2.24, 2.45) is 0 Å². The van der Waals surface area contributed by atoms with E-state index in [9.17, 15) is 9.90 Å². The summed E-state index contributed by atoms with van der Waals surface area (Å²) >= 11 is 1.11. The minimum absolute atomic E-state index is 0.273. The van der Waals surface area contributed by atoms with Gasteiger partial charge >= 0.3 is 5.97 Å². The molecule has 0 aliphatic carbocycles. The average molecular weight is 374 g/mol. The first-order valence-electron chi connectivity index (χ1n) is 7.81. The van der Waals surface area contributed by atoms with E-state index < -0.39 is 11.9 Å². The standard InChI is InChI=1S/C18H18N2O5S/c1-23-15-7-10(8-16(24-2)17(15)25-3)6-12(18(21)22)11-4-5-13-14(9-11)20-26-19-13/h4-5,7-9,12H,6H2,1-3H3,(H,21,22). The average Bonchev–Trinajstić information content (AvgIpc) is 3.12. The lowest BCUT2D eigenvalue weighted by atomic mass is 9.91. The number of aliphatic carboxylic acids is 1. The summed E-state index contributed by atoms with van der Waals surface area (Å²) in [6.07, 6.45) is 0.273. The molecule has 0 saturated heterocycles. The highest BCUT2D eigenvalue weighted by molar-refractivity contribution is 7.00. The number of hydrogen-bond donors (Lipinski definition) is 1. The van der Waals surface area contributed by atoms with Crippen LogP contribution in [0.15, 0.2) is 30.3 Å². The molecule has 0 aliphatic rings. The van der Waals surface area contributed by atoms with E-state index in [0.717, 1.165) is 22.8 Å². The third-order valence-corrected chi connectivity index (χ3v) is 4.70. The lowest BCUT2D eigenvalue weighted by Gasteiger charge is -2.17. The monoisotopic (exact) mass is 374 g/mol. The van der Waals surface area contributed by atoms with E-state index in [1.807, 2.05) is 0 Å². The Balaban J connectivity index is 1.99. The van der Waals surface area contributed by atoms with Gasteiger partial charge in [0.05, 0.1) is 39.0 Å². The Morgan fingerprint density at radius 2 is 1.69 bits per heavy atom. The topological polar surface area (TPSA) is 90.8 Å². The first-order valence-corrected chi connectivity index (χ1v) is 8.54. The van der Waals surface area contributed by atoms with E-state index in [2.05, 4.69) is 8.75 Å². The first kappa shape index (κ1) is 17.9. The van der Waals surface area contributed by atoms with Gasteiger partial charge in [-0.3, -0.25) is 4.79 Å². The van der Waals surface area contributed by atoms with Crippen LogP contribution in [-0.4, -0.2) is 41.2 Å². The highest BCUT2D eigenvalue weighted by Gasteiger charge is 2.23. The maximum absolute atomic E-state index is 11.9. The number of rotatable bonds is 7. The van der Waals surface area contributed by atoms with E-state index in [1.165, 1.54) is 21.3 Å². The normalized spacial score (nSPS) is 12.0. The summed E-state index contributed by atoms with van der Waals surface area (Å²) < 4.78 is 24.3. The van der Waals surface area contributed by atoms with Gasteiger partial charge in [0.15, 0.2) is 11.5 Å². The molecule has 0 aliphatic heterocycles. The molecule has 2 aromatic carbocycles. The van der Waals surface area contributed by atoms with E-state index in [-0.39, 0.29) is 6.42 Å². The molecule has 8 heteroatoms. The maximum atomic E-state index is 11.9. The van der Waals surface area contributed by atoms with Crippen molar-refractivity contribution in [2.75, 3.05) is 21.3 Å². The van der Waals surface area contributed by atoms with Gasteiger partial charge in [-0.2, -0.15) is 8.75 Å². The van der Waals surface area contributed by atoms with Crippen LogP contribution in [0.2, 0.25) is 0 Å². The summed E-state index contributed by atoms with van der Waals surface area (Å²) in [5, 5.41) is 9.74. The highest BCUT2D eigenvalue weighted by atomic mass is 32.1. The Bertz CT molecular complexity index is 915. The molecule has 3 rings (SSSR count). The van der Waals surface area contributed by atoms with Crippen LogP contribution >= 0.6 is 11.7 Å². The minimum atomic E-state index is -0.915. The Morgan fingerprint density at radius 1 is 1.04 bits per heavy atom. The molecule has 0 amide bonds. The van der Waals surface area contributed by atoms with Crippen molar-refractivity contribution in [1.82, 2.24) is 8.75 Å². The lowest BCUT2D eigenvalue weighted by Crippen LogP contribution is -2.14. The highest BCUT2D eigenvalue weighted by Crippen LogP contribution is 2.39. The van der Waals surface area contributed by atoms with E-state index in [1.54, 1.807) is 30.3 Å². The molecular formula is C18H18N2O5S. The Kier molecular flexibility index (Phi) is 5.22. The molecule has 0 saturated carbocycles. The number of carbonyl (C=O) groups is 1. The fourth-order valence-electron chi connectivity index (χ4n) is 2.85. The molecule has 1 heterocycles. The number of carboxylic acids is 1. The van der Waals surface area contributed by atoms with Gasteiger partial charge in [0, 0.05) is 0 Å². The molecule has 0 spiro atoms. The summed E-state index contributed by atoms with van der Waals surface area (Å²) in [5.41, 5.74) is 2.90. The molecule has 1 unspecified atom stereocenters. The van der Waals surface area contributed by atoms with Gasteiger partial charge in [-0.05, 0) is 41.8 Å².